The summed E-state index contributed by atoms with van der Waals surface area (Å²) in [4.78, 5) is 17.7. The minimum absolute atomic E-state index is 0.0672. The predicted molar refractivity (Wildman–Crippen MR) is 145 cm³/mol. The lowest BCUT2D eigenvalue weighted by molar-refractivity contribution is -0.136. The molecule has 0 fully saturated rings. The van der Waals surface area contributed by atoms with E-state index in [2.05, 4.69) is 9.98 Å². The van der Waals surface area contributed by atoms with Crippen molar-refractivity contribution in [3.8, 4) is 11.5 Å². The molecule has 0 saturated carbocycles. The van der Waals surface area contributed by atoms with Crippen molar-refractivity contribution >= 4 is 38.6 Å². The molecule has 0 atom stereocenters. The maximum absolute atomic E-state index is 14.9. The van der Waals surface area contributed by atoms with Gasteiger partial charge in [0.15, 0.2) is 21.4 Å². The van der Waals surface area contributed by atoms with Gasteiger partial charge in [-0.2, -0.15) is 0 Å². The molecule has 0 amide bonds. The molecule has 0 spiro atoms. The largest absolute Gasteiger partial charge is 0.481 e. The number of H-pyrrole nitrogens is 1. The van der Waals surface area contributed by atoms with Crippen LogP contribution in [0.15, 0.2) is 82.8 Å². The van der Waals surface area contributed by atoms with Crippen LogP contribution in [-0.4, -0.2) is 36.9 Å². The monoisotopic (exact) mass is 535 g/mol. The number of aryl methyl sites for hydroxylation is 1. The van der Waals surface area contributed by atoms with E-state index in [0.29, 0.717) is 35.1 Å². The summed E-state index contributed by atoms with van der Waals surface area (Å²) >= 11 is 0. The molecule has 0 bridgehead atoms. The summed E-state index contributed by atoms with van der Waals surface area (Å²) in [7, 11) is -3.81. The number of hydrogen-bond acceptors (Lipinski definition) is 6. The van der Waals surface area contributed by atoms with Gasteiger partial charge < -0.3 is 20.6 Å². The maximum Gasteiger partial charge on any atom is 0.303 e. The smallest absolute Gasteiger partial charge is 0.303 e. The summed E-state index contributed by atoms with van der Waals surface area (Å²) in [6, 6.07) is 16.9. The fourth-order valence-corrected chi connectivity index (χ4v) is 5.02. The number of allylic oxidation sites excluding steroid dienone is 1. The minimum atomic E-state index is -3.81. The lowest BCUT2D eigenvalue weighted by atomic mass is 10.1. The lowest BCUT2D eigenvalue weighted by Gasteiger charge is -2.13. The molecule has 8 nitrogen and oxygen atoms in total. The van der Waals surface area contributed by atoms with Crippen LogP contribution in [0.2, 0.25) is 0 Å². The summed E-state index contributed by atoms with van der Waals surface area (Å²) in [5.74, 6) is -1.82. The number of aliphatic carboxylic acids is 1. The van der Waals surface area contributed by atoms with Gasteiger partial charge in [-0.1, -0.05) is 36.4 Å². The van der Waals surface area contributed by atoms with Gasteiger partial charge in [0.25, 0.3) is 0 Å². The molecule has 0 aliphatic heterocycles. The van der Waals surface area contributed by atoms with E-state index in [1.807, 2.05) is 24.3 Å². The van der Waals surface area contributed by atoms with Gasteiger partial charge >= 0.3 is 5.97 Å². The van der Waals surface area contributed by atoms with Gasteiger partial charge in [-0.15, -0.1) is 0 Å². The quantitative estimate of drug-likeness (QED) is 0.242. The molecule has 0 unspecified atom stereocenters. The highest BCUT2D eigenvalue weighted by Crippen LogP contribution is 2.37. The zero-order valence-electron chi connectivity index (χ0n) is 20.5. The Morgan fingerprint density at radius 2 is 1.89 bits per heavy atom. The van der Waals surface area contributed by atoms with Crippen LogP contribution < -0.4 is 10.5 Å². The van der Waals surface area contributed by atoms with Gasteiger partial charge in [-0.25, -0.2) is 12.8 Å². The van der Waals surface area contributed by atoms with Gasteiger partial charge in [-0.3, -0.25) is 9.79 Å². The Morgan fingerprint density at radius 3 is 2.66 bits per heavy atom. The molecule has 0 aliphatic rings. The summed E-state index contributed by atoms with van der Waals surface area (Å²) in [5, 5.41) is 9.19. The molecule has 0 aliphatic carbocycles. The van der Waals surface area contributed by atoms with Crippen molar-refractivity contribution < 1.29 is 27.4 Å². The number of aromatic nitrogens is 1. The first-order chi connectivity index (χ1) is 18.1. The van der Waals surface area contributed by atoms with Crippen LogP contribution in [0.25, 0.3) is 16.6 Å². The second-order valence-corrected chi connectivity index (χ2v) is 10.6. The Hall–Kier alpha value is -4.44. The third kappa shape index (κ3) is 6.46. The topological polar surface area (TPSA) is 135 Å². The van der Waals surface area contributed by atoms with Crippen molar-refractivity contribution in [3.05, 3.63) is 95.4 Å². The van der Waals surface area contributed by atoms with Crippen LogP contribution in [-0.2, 0) is 27.6 Å². The molecule has 1 heterocycles. The standard InChI is InChI=1S/C28H26FN3O5S/c1-38(35,36)28-22-10-13-32-25(22)16-23(29)27(28)37-21-7-3-6-20(15-21)24(30)11-12-31-17-19-5-2-4-18(14-19)8-9-26(33)34/h2-7,10-16,32H,8-9,17,30H2,1H3,(H,33,34)/b24-11-,31-12?. The summed E-state index contributed by atoms with van der Waals surface area (Å²) in [6.45, 7) is 0.392. The van der Waals surface area contributed by atoms with Gasteiger partial charge in [0.1, 0.15) is 10.6 Å². The Kier molecular flexibility index (Phi) is 7.92. The molecule has 4 N–H and O–H groups in total. The first kappa shape index (κ1) is 26.6. The molecule has 3 aromatic carbocycles. The van der Waals surface area contributed by atoms with Crippen LogP contribution in [0, 0.1) is 5.82 Å². The highest BCUT2D eigenvalue weighted by molar-refractivity contribution is 7.91. The highest BCUT2D eigenvalue weighted by Gasteiger charge is 2.24. The van der Waals surface area contributed by atoms with Gasteiger partial charge in [-0.05, 0) is 41.8 Å². The molecule has 0 radical (unpaired) electrons. The van der Waals surface area contributed by atoms with Crippen molar-refractivity contribution in [1.82, 2.24) is 4.98 Å². The summed E-state index contributed by atoms with van der Waals surface area (Å²) in [6.07, 6.45) is 6.23. The predicted octanol–water partition coefficient (Wildman–Crippen LogP) is 5.09. The number of benzene rings is 3. The van der Waals surface area contributed by atoms with Crippen molar-refractivity contribution in [1.29, 1.82) is 0 Å². The van der Waals surface area contributed by atoms with Crippen LogP contribution in [0.3, 0.4) is 0 Å². The number of carboxylic acid groups (broad SMARTS) is 1. The maximum atomic E-state index is 14.9. The van der Waals surface area contributed by atoms with Crippen molar-refractivity contribution in [2.24, 2.45) is 10.7 Å². The van der Waals surface area contributed by atoms with Crippen LogP contribution in [0.4, 0.5) is 4.39 Å². The molecule has 10 heteroatoms. The van der Waals surface area contributed by atoms with E-state index in [0.717, 1.165) is 17.4 Å². The van der Waals surface area contributed by atoms with Crippen LogP contribution in [0.1, 0.15) is 23.1 Å². The van der Waals surface area contributed by atoms with Gasteiger partial charge in [0.2, 0.25) is 0 Å². The minimum Gasteiger partial charge on any atom is -0.481 e. The lowest BCUT2D eigenvalue weighted by Crippen LogP contribution is -2.04. The third-order valence-electron chi connectivity index (χ3n) is 5.73. The summed E-state index contributed by atoms with van der Waals surface area (Å²) in [5.41, 5.74) is 9.37. The number of nitrogens with one attached hydrogen (secondary N) is 1. The third-order valence-corrected chi connectivity index (χ3v) is 6.88. The van der Waals surface area contributed by atoms with Crippen LogP contribution >= 0.6 is 0 Å². The number of nitrogens with two attached hydrogens (primary N) is 1. The normalized spacial score (nSPS) is 12.3. The average Bonchev–Trinajstić information content (AvgIpc) is 3.32. The number of hydrogen-bond donors (Lipinski definition) is 3. The molecule has 1 aromatic heterocycles. The van der Waals surface area contributed by atoms with Gasteiger partial charge in [0, 0.05) is 53.3 Å². The van der Waals surface area contributed by atoms with E-state index in [1.54, 1.807) is 42.6 Å². The van der Waals surface area contributed by atoms with Crippen molar-refractivity contribution in [2.45, 2.75) is 24.3 Å². The van der Waals surface area contributed by atoms with E-state index in [4.69, 9.17) is 15.6 Å². The number of carboxylic acids is 1. The Balaban J connectivity index is 1.50. The zero-order chi connectivity index (χ0) is 27.3. The first-order valence-electron chi connectivity index (χ1n) is 11.6. The number of nitrogens with zero attached hydrogens (tertiary/aromatic N) is 1. The molecule has 38 heavy (non-hydrogen) atoms. The van der Waals surface area contributed by atoms with E-state index in [1.165, 1.54) is 12.3 Å². The van der Waals surface area contributed by atoms with Gasteiger partial charge in [0.05, 0.1) is 6.54 Å². The van der Waals surface area contributed by atoms with E-state index in [-0.39, 0.29) is 22.8 Å². The second kappa shape index (κ2) is 11.3. The first-order valence-corrected chi connectivity index (χ1v) is 13.5. The molecule has 0 saturated heterocycles. The number of carbonyl (C=O) groups is 1. The fourth-order valence-electron chi connectivity index (χ4n) is 3.97. The number of halogens is 1. The van der Waals surface area contributed by atoms with E-state index >= 15 is 0 Å². The highest BCUT2D eigenvalue weighted by atomic mass is 32.2. The Bertz CT molecular complexity index is 1660. The Morgan fingerprint density at radius 1 is 1.13 bits per heavy atom. The van der Waals surface area contributed by atoms with E-state index < -0.39 is 21.6 Å². The number of aromatic amines is 1. The molecule has 4 aromatic rings. The zero-order valence-corrected chi connectivity index (χ0v) is 21.3. The van der Waals surface area contributed by atoms with Crippen molar-refractivity contribution in [2.75, 3.05) is 6.26 Å². The van der Waals surface area contributed by atoms with Crippen LogP contribution in [0.5, 0.6) is 11.5 Å². The number of rotatable bonds is 10. The second-order valence-electron chi connectivity index (χ2n) is 8.68. The number of aliphatic imine (C=N–C) groups is 1. The van der Waals surface area contributed by atoms with E-state index in [9.17, 15) is 17.6 Å². The fraction of sp³-hybridized carbons (Fsp3) is 0.143. The van der Waals surface area contributed by atoms with Crippen molar-refractivity contribution in [3.63, 3.8) is 0 Å². The number of ether oxygens (including phenoxy) is 1. The molecule has 4 rings (SSSR count). The molecular formula is C28H26FN3O5S. The molecular weight excluding hydrogens is 509 g/mol. The summed E-state index contributed by atoms with van der Waals surface area (Å²) < 4.78 is 45.6. The number of fused-ring (bicyclic) bond motifs is 1. The average molecular weight is 536 g/mol. The SMILES string of the molecule is CS(=O)(=O)c1c(Oc2cccc(/C(N)=C/C=NCc3cccc(CCC(=O)O)c3)c2)c(F)cc2[nH]ccc12. The number of sulfone groups is 1. The Labute approximate surface area is 219 Å². The molecule has 196 valence electrons.